The molecule has 1 fully saturated rings. The number of nitrogens with two attached hydrogens (primary N) is 1. The number of hydrogen-bond acceptors (Lipinski definition) is 3. The Hall–Kier alpha value is -0.750. The zero-order valence-corrected chi connectivity index (χ0v) is 7.59. The fourth-order valence-electron chi connectivity index (χ4n) is 0.631. The van der Waals surface area contributed by atoms with Gasteiger partial charge in [-0.1, -0.05) is 0 Å². The van der Waals surface area contributed by atoms with Gasteiger partial charge in [0.1, 0.15) is 12.4 Å². The van der Waals surface area contributed by atoms with E-state index in [1.165, 1.54) is 0 Å². The van der Waals surface area contributed by atoms with Gasteiger partial charge in [-0.3, -0.25) is 4.99 Å². The van der Waals surface area contributed by atoms with Gasteiger partial charge < -0.3 is 15.8 Å². The Balaban J connectivity index is 0.000000252. The van der Waals surface area contributed by atoms with Crippen molar-refractivity contribution in [3.05, 3.63) is 0 Å². The summed E-state index contributed by atoms with van der Waals surface area (Å²) in [5.74, 6) is 0.955. The number of amidine groups is 1. The second-order valence-corrected chi connectivity index (χ2v) is 2.28. The summed E-state index contributed by atoms with van der Waals surface area (Å²) in [4.78, 5) is 3.93. The van der Waals surface area contributed by atoms with Crippen molar-refractivity contribution in [2.24, 2.45) is 10.7 Å². The van der Waals surface area contributed by atoms with Crippen LogP contribution in [0.15, 0.2) is 4.99 Å². The van der Waals surface area contributed by atoms with Crippen molar-refractivity contribution in [2.75, 3.05) is 33.4 Å². The molecule has 1 saturated heterocycles. The quantitative estimate of drug-likeness (QED) is 0.611. The number of aliphatic imine (C=N–C) groups is 1. The van der Waals surface area contributed by atoms with Gasteiger partial charge in [0.2, 0.25) is 0 Å². The summed E-state index contributed by atoms with van der Waals surface area (Å²) in [7, 11) is 1.76. The van der Waals surface area contributed by atoms with Gasteiger partial charge in [0.15, 0.2) is 0 Å². The fourth-order valence-corrected chi connectivity index (χ4v) is 0.631. The Labute approximate surface area is 76.2 Å². The molecule has 0 unspecified atom stereocenters. The molecule has 0 saturated carbocycles. The number of ether oxygens (including phenoxy) is 1. The molecule has 0 atom stereocenters. The number of halogens is 2. The van der Waals surface area contributed by atoms with E-state index in [-0.39, 0.29) is 0 Å². The molecule has 3 N–H and O–H groups in total. The first-order valence-electron chi connectivity index (χ1n) is 3.96. The molecule has 0 aromatic heterocycles. The molecule has 0 spiro atoms. The highest BCUT2D eigenvalue weighted by molar-refractivity contribution is 5.83. The van der Waals surface area contributed by atoms with Gasteiger partial charge >= 0.3 is 0 Å². The van der Waals surface area contributed by atoms with Crippen LogP contribution in [0.3, 0.4) is 0 Å². The minimum atomic E-state index is -2.34. The number of morpholine rings is 1. The molecular weight excluding hydrogens is 180 g/mol. The summed E-state index contributed by atoms with van der Waals surface area (Å²) in [5, 5.41) is 3.09. The van der Waals surface area contributed by atoms with Crippen LogP contribution in [-0.4, -0.2) is 45.6 Å². The monoisotopic (exact) mass is 195 g/mol. The Morgan fingerprint density at radius 3 is 2.54 bits per heavy atom. The maximum absolute atomic E-state index is 10.6. The molecular formula is C7H15F2N3O. The van der Waals surface area contributed by atoms with Crippen molar-refractivity contribution in [3.8, 4) is 0 Å². The second kappa shape index (κ2) is 7.88. The van der Waals surface area contributed by atoms with Crippen LogP contribution in [0, 0.1) is 0 Å². The Morgan fingerprint density at radius 1 is 1.69 bits per heavy atom. The molecule has 1 rings (SSSR count). The summed E-state index contributed by atoms with van der Waals surface area (Å²) in [6.07, 6.45) is -2.34. The van der Waals surface area contributed by atoms with Gasteiger partial charge in [-0.25, -0.2) is 8.78 Å². The molecule has 1 heterocycles. The summed E-state index contributed by atoms with van der Waals surface area (Å²) in [5.41, 5.74) is 4.42. The fraction of sp³-hybridized carbons (Fsp3) is 0.857. The third-order valence-corrected chi connectivity index (χ3v) is 1.26. The van der Waals surface area contributed by atoms with Crippen molar-refractivity contribution in [2.45, 2.75) is 6.43 Å². The van der Waals surface area contributed by atoms with Crippen LogP contribution in [-0.2, 0) is 4.74 Å². The minimum absolute atomic E-state index is 0.528. The number of nitrogens with one attached hydrogen (secondary N) is 1. The summed E-state index contributed by atoms with van der Waals surface area (Å²) >= 11 is 0. The van der Waals surface area contributed by atoms with E-state index in [1.54, 1.807) is 7.05 Å². The molecule has 0 amide bonds. The van der Waals surface area contributed by atoms with Crippen LogP contribution in [0.5, 0.6) is 0 Å². The van der Waals surface area contributed by atoms with Crippen LogP contribution < -0.4 is 11.1 Å². The topological polar surface area (TPSA) is 59.6 Å². The average molecular weight is 195 g/mol. The molecule has 6 heteroatoms. The maximum atomic E-state index is 10.6. The number of nitrogens with zero attached hydrogens (tertiary/aromatic N) is 1. The lowest BCUT2D eigenvalue weighted by molar-refractivity contribution is 0.158. The summed E-state index contributed by atoms with van der Waals surface area (Å²) in [6, 6.07) is 0. The minimum Gasteiger partial charge on any atom is -0.372 e. The van der Waals surface area contributed by atoms with Gasteiger partial charge in [-0.05, 0) is 0 Å². The van der Waals surface area contributed by atoms with E-state index < -0.39 is 13.0 Å². The van der Waals surface area contributed by atoms with Crippen molar-refractivity contribution < 1.29 is 13.5 Å². The molecule has 0 aromatic rings. The lowest BCUT2D eigenvalue weighted by atomic mass is 10.5. The van der Waals surface area contributed by atoms with Crippen LogP contribution in [0.2, 0.25) is 0 Å². The smallest absolute Gasteiger partial charge is 0.250 e. The van der Waals surface area contributed by atoms with E-state index in [2.05, 4.69) is 16.0 Å². The highest BCUT2D eigenvalue weighted by Gasteiger charge is 2.01. The zero-order chi connectivity index (χ0) is 10.1. The third kappa shape index (κ3) is 7.61. The van der Waals surface area contributed by atoms with Crippen LogP contribution >= 0.6 is 0 Å². The Kier molecular flexibility index (Phi) is 7.42. The van der Waals surface area contributed by atoms with Crippen molar-refractivity contribution in [1.82, 2.24) is 5.32 Å². The van der Waals surface area contributed by atoms with E-state index in [0.29, 0.717) is 6.61 Å². The molecule has 1 aliphatic rings. The molecule has 4 nitrogen and oxygen atoms in total. The molecule has 0 aromatic carbocycles. The largest absolute Gasteiger partial charge is 0.372 e. The standard InChI is InChI=1S/C5H10N2O.C2H5F2N/c1-6-5-4-8-3-2-7-5;3-2(4)1-5/h2-4H2,1H3,(H,6,7);2H,1,5H2. The number of alkyl halides is 2. The Morgan fingerprint density at radius 2 is 2.31 bits per heavy atom. The zero-order valence-electron chi connectivity index (χ0n) is 7.59. The van der Waals surface area contributed by atoms with Gasteiger partial charge in [0, 0.05) is 13.6 Å². The summed E-state index contributed by atoms with van der Waals surface area (Å²) in [6.45, 7) is 1.82. The normalized spacial score (nSPS) is 19.3. The van der Waals surface area contributed by atoms with Crippen LogP contribution in [0.25, 0.3) is 0 Å². The first-order valence-corrected chi connectivity index (χ1v) is 3.96. The Bertz CT molecular complexity index is 145. The SMILES string of the molecule is CN=C1COCCN1.NCC(F)F. The predicted molar refractivity (Wildman–Crippen MR) is 47.2 cm³/mol. The van der Waals surface area contributed by atoms with Gasteiger partial charge in [0.05, 0.1) is 13.2 Å². The number of hydrogen-bond donors (Lipinski definition) is 2. The molecule has 0 radical (unpaired) electrons. The average Bonchev–Trinajstić information content (AvgIpc) is 2.20. The van der Waals surface area contributed by atoms with Crippen LogP contribution in [0.4, 0.5) is 8.78 Å². The van der Waals surface area contributed by atoms with Crippen LogP contribution in [0.1, 0.15) is 0 Å². The summed E-state index contributed by atoms with van der Waals surface area (Å²) < 4.78 is 26.4. The van der Waals surface area contributed by atoms with E-state index in [4.69, 9.17) is 4.74 Å². The van der Waals surface area contributed by atoms with Gasteiger partial charge in [-0.2, -0.15) is 0 Å². The first-order chi connectivity index (χ1) is 6.20. The maximum Gasteiger partial charge on any atom is 0.250 e. The van der Waals surface area contributed by atoms with Gasteiger partial charge in [0.25, 0.3) is 6.43 Å². The van der Waals surface area contributed by atoms with Crippen molar-refractivity contribution in [1.29, 1.82) is 0 Å². The predicted octanol–water partition coefficient (Wildman–Crippen LogP) is -0.155. The molecule has 0 aliphatic carbocycles. The van der Waals surface area contributed by atoms with E-state index in [9.17, 15) is 8.78 Å². The third-order valence-electron chi connectivity index (χ3n) is 1.26. The van der Waals surface area contributed by atoms with Gasteiger partial charge in [-0.15, -0.1) is 0 Å². The molecule has 13 heavy (non-hydrogen) atoms. The lowest BCUT2D eigenvalue weighted by Crippen LogP contribution is -2.36. The van der Waals surface area contributed by atoms with E-state index >= 15 is 0 Å². The molecule has 78 valence electrons. The lowest BCUT2D eigenvalue weighted by Gasteiger charge is -2.14. The van der Waals surface area contributed by atoms with E-state index in [0.717, 1.165) is 19.0 Å². The highest BCUT2D eigenvalue weighted by atomic mass is 19.3. The molecule has 1 aliphatic heterocycles. The second-order valence-electron chi connectivity index (χ2n) is 2.28. The van der Waals surface area contributed by atoms with Crippen molar-refractivity contribution in [3.63, 3.8) is 0 Å². The first kappa shape index (κ1) is 12.2. The van der Waals surface area contributed by atoms with E-state index in [1.807, 2.05) is 0 Å². The number of rotatable bonds is 1. The molecule has 0 bridgehead atoms. The highest BCUT2D eigenvalue weighted by Crippen LogP contribution is 1.83. The van der Waals surface area contributed by atoms with Crippen molar-refractivity contribution >= 4 is 5.84 Å².